The van der Waals surface area contributed by atoms with Crippen molar-refractivity contribution in [1.82, 2.24) is 9.80 Å². The van der Waals surface area contributed by atoms with Gasteiger partial charge >= 0.3 is 0 Å². The van der Waals surface area contributed by atoms with Gasteiger partial charge in [0.1, 0.15) is 0 Å². The highest BCUT2D eigenvalue weighted by Gasteiger charge is 2.36. The van der Waals surface area contributed by atoms with Crippen molar-refractivity contribution >= 4 is 27.7 Å². The molecule has 4 nitrogen and oxygen atoms in total. The van der Waals surface area contributed by atoms with Crippen LogP contribution in [0.1, 0.15) is 28.8 Å². The van der Waals surface area contributed by atoms with Crippen molar-refractivity contribution in [1.29, 1.82) is 0 Å². The number of piperazine rings is 1. The molecule has 3 rings (SSSR count). The van der Waals surface area contributed by atoms with E-state index in [1.165, 1.54) is 0 Å². The van der Waals surface area contributed by atoms with E-state index in [0.29, 0.717) is 31.6 Å². The van der Waals surface area contributed by atoms with Gasteiger partial charge in [0, 0.05) is 42.1 Å². The molecular formula is C15H17BrN2O2. The lowest BCUT2D eigenvalue weighted by molar-refractivity contribution is -0.130. The molecule has 2 amide bonds. The van der Waals surface area contributed by atoms with Crippen molar-refractivity contribution in [3.8, 4) is 0 Å². The molecule has 0 radical (unpaired) electrons. The Morgan fingerprint density at radius 2 is 2.15 bits per heavy atom. The SMILES string of the molecule is Cc1ccc(C(=O)N2CCN3C(=O)CCC3C2)cc1Br. The number of carbonyl (C=O) groups excluding carboxylic acids is 2. The minimum Gasteiger partial charge on any atom is -0.336 e. The van der Waals surface area contributed by atoms with Crippen LogP contribution < -0.4 is 0 Å². The Hall–Kier alpha value is -1.36. The van der Waals surface area contributed by atoms with Gasteiger partial charge in [0.05, 0.1) is 0 Å². The normalized spacial score (nSPS) is 22.1. The molecular weight excluding hydrogens is 320 g/mol. The maximum absolute atomic E-state index is 12.5. The van der Waals surface area contributed by atoms with Crippen LogP contribution in [0.4, 0.5) is 0 Å². The molecule has 2 aliphatic rings. The van der Waals surface area contributed by atoms with Crippen LogP contribution in [0.5, 0.6) is 0 Å². The molecule has 1 unspecified atom stereocenters. The van der Waals surface area contributed by atoms with Crippen molar-refractivity contribution in [3.05, 3.63) is 33.8 Å². The molecule has 2 saturated heterocycles. The number of amides is 2. The third kappa shape index (κ3) is 2.35. The highest BCUT2D eigenvalue weighted by molar-refractivity contribution is 9.10. The molecule has 0 saturated carbocycles. The first-order valence-electron chi connectivity index (χ1n) is 6.91. The van der Waals surface area contributed by atoms with Crippen LogP contribution in [-0.2, 0) is 4.79 Å². The standard InChI is InChI=1S/C15H17BrN2O2/c1-10-2-3-11(8-13(10)16)15(20)17-6-7-18-12(9-17)4-5-14(18)19/h2-3,8,12H,4-7,9H2,1H3. The summed E-state index contributed by atoms with van der Waals surface area (Å²) in [6.45, 7) is 3.96. The summed E-state index contributed by atoms with van der Waals surface area (Å²) in [6, 6.07) is 5.92. The van der Waals surface area contributed by atoms with Crippen LogP contribution >= 0.6 is 15.9 Å². The number of hydrogen-bond acceptors (Lipinski definition) is 2. The van der Waals surface area contributed by atoms with Crippen LogP contribution in [-0.4, -0.2) is 47.3 Å². The Kier molecular flexibility index (Phi) is 3.54. The van der Waals surface area contributed by atoms with Crippen molar-refractivity contribution in [2.24, 2.45) is 0 Å². The fourth-order valence-corrected chi connectivity index (χ4v) is 3.34. The van der Waals surface area contributed by atoms with Crippen molar-refractivity contribution in [3.63, 3.8) is 0 Å². The van der Waals surface area contributed by atoms with Gasteiger partial charge in [0.25, 0.3) is 5.91 Å². The van der Waals surface area contributed by atoms with Crippen LogP contribution in [0, 0.1) is 6.92 Å². The molecule has 1 atom stereocenters. The van der Waals surface area contributed by atoms with E-state index in [4.69, 9.17) is 0 Å². The van der Waals surface area contributed by atoms with Gasteiger partial charge in [0.2, 0.25) is 5.91 Å². The summed E-state index contributed by atoms with van der Waals surface area (Å²) in [5.74, 6) is 0.296. The maximum atomic E-state index is 12.5. The Morgan fingerprint density at radius 1 is 1.35 bits per heavy atom. The van der Waals surface area contributed by atoms with Crippen molar-refractivity contribution in [2.75, 3.05) is 19.6 Å². The molecule has 0 bridgehead atoms. The highest BCUT2D eigenvalue weighted by atomic mass is 79.9. The van der Waals surface area contributed by atoms with Gasteiger partial charge in [-0.3, -0.25) is 9.59 Å². The lowest BCUT2D eigenvalue weighted by Crippen LogP contribution is -2.53. The first-order chi connectivity index (χ1) is 9.56. The maximum Gasteiger partial charge on any atom is 0.254 e. The molecule has 2 aliphatic heterocycles. The second-order valence-corrected chi connectivity index (χ2v) is 6.35. The third-order valence-corrected chi connectivity index (χ3v) is 5.05. The van der Waals surface area contributed by atoms with E-state index in [9.17, 15) is 9.59 Å². The number of carbonyl (C=O) groups is 2. The fourth-order valence-electron chi connectivity index (χ4n) is 2.96. The van der Waals surface area contributed by atoms with E-state index in [2.05, 4.69) is 15.9 Å². The largest absolute Gasteiger partial charge is 0.336 e. The van der Waals surface area contributed by atoms with Gasteiger partial charge in [-0.25, -0.2) is 0 Å². The molecule has 20 heavy (non-hydrogen) atoms. The zero-order valence-corrected chi connectivity index (χ0v) is 13.0. The molecule has 0 N–H and O–H groups in total. The van der Waals surface area contributed by atoms with Gasteiger partial charge in [0.15, 0.2) is 0 Å². The van der Waals surface area contributed by atoms with Gasteiger partial charge in [-0.05, 0) is 31.0 Å². The Morgan fingerprint density at radius 3 is 2.90 bits per heavy atom. The first-order valence-corrected chi connectivity index (χ1v) is 7.70. The summed E-state index contributed by atoms with van der Waals surface area (Å²) >= 11 is 3.47. The molecule has 1 aromatic rings. The Labute approximate surface area is 126 Å². The molecule has 5 heteroatoms. The molecule has 0 aliphatic carbocycles. The molecule has 2 fully saturated rings. The average Bonchev–Trinajstić information content (AvgIpc) is 2.82. The number of nitrogens with zero attached hydrogens (tertiary/aromatic N) is 2. The van der Waals surface area contributed by atoms with E-state index in [1.807, 2.05) is 34.9 Å². The van der Waals surface area contributed by atoms with E-state index < -0.39 is 0 Å². The van der Waals surface area contributed by atoms with Crippen molar-refractivity contribution < 1.29 is 9.59 Å². The van der Waals surface area contributed by atoms with Crippen LogP contribution in [0.3, 0.4) is 0 Å². The molecule has 0 spiro atoms. The van der Waals surface area contributed by atoms with Gasteiger partial charge in [-0.15, -0.1) is 0 Å². The van der Waals surface area contributed by atoms with E-state index in [1.54, 1.807) is 0 Å². The number of rotatable bonds is 1. The molecule has 106 valence electrons. The molecule has 0 aromatic heterocycles. The lowest BCUT2D eigenvalue weighted by Gasteiger charge is -2.37. The second kappa shape index (κ2) is 5.20. The van der Waals surface area contributed by atoms with Crippen molar-refractivity contribution in [2.45, 2.75) is 25.8 Å². The zero-order chi connectivity index (χ0) is 14.3. The summed E-state index contributed by atoms with van der Waals surface area (Å²) in [5.41, 5.74) is 1.83. The first kappa shape index (κ1) is 13.6. The minimum absolute atomic E-state index is 0.0599. The summed E-state index contributed by atoms with van der Waals surface area (Å²) in [7, 11) is 0. The summed E-state index contributed by atoms with van der Waals surface area (Å²) < 4.78 is 0.957. The Balaban J connectivity index is 1.75. The number of hydrogen-bond donors (Lipinski definition) is 0. The molecule has 1 aromatic carbocycles. The van der Waals surface area contributed by atoms with Gasteiger partial charge < -0.3 is 9.80 Å². The number of benzene rings is 1. The van der Waals surface area contributed by atoms with Gasteiger partial charge in [-0.2, -0.15) is 0 Å². The van der Waals surface area contributed by atoms with Crippen LogP contribution in [0.15, 0.2) is 22.7 Å². The smallest absolute Gasteiger partial charge is 0.254 e. The predicted molar refractivity (Wildman–Crippen MR) is 79.5 cm³/mol. The second-order valence-electron chi connectivity index (χ2n) is 5.49. The lowest BCUT2D eigenvalue weighted by atomic mass is 10.1. The quantitative estimate of drug-likeness (QED) is 0.788. The molecule has 2 heterocycles. The highest BCUT2D eigenvalue weighted by Crippen LogP contribution is 2.24. The zero-order valence-electron chi connectivity index (χ0n) is 11.4. The summed E-state index contributed by atoms with van der Waals surface area (Å²) in [6.07, 6.45) is 1.50. The average molecular weight is 337 g/mol. The van der Waals surface area contributed by atoms with E-state index in [0.717, 1.165) is 16.5 Å². The number of aryl methyl sites for hydroxylation is 1. The predicted octanol–water partition coefficient (Wildman–Crippen LogP) is 2.20. The monoisotopic (exact) mass is 336 g/mol. The van der Waals surface area contributed by atoms with E-state index >= 15 is 0 Å². The van der Waals surface area contributed by atoms with E-state index in [-0.39, 0.29) is 17.9 Å². The minimum atomic E-state index is 0.0599. The van der Waals surface area contributed by atoms with Crippen LogP contribution in [0.2, 0.25) is 0 Å². The number of fused-ring (bicyclic) bond motifs is 1. The van der Waals surface area contributed by atoms with Gasteiger partial charge in [-0.1, -0.05) is 22.0 Å². The van der Waals surface area contributed by atoms with Crippen LogP contribution in [0.25, 0.3) is 0 Å². The summed E-state index contributed by atoms with van der Waals surface area (Å²) in [5, 5.41) is 0. The number of halogens is 1. The Bertz CT molecular complexity index is 573. The topological polar surface area (TPSA) is 40.6 Å². The summed E-state index contributed by atoms with van der Waals surface area (Å²) in [4.78, 5) is 28.0. The third-order valence-electron chi connectivity index (χ3n) is 4.20. The fraction of sp³-hybridized carbons (Fsp3) is 0.467.